The summed E-state index contributed by atoms with van der Waals surface area (Å²) in [7, 11) is 0. The van der Waals surface area contributed by atoms with E-state index in [9.17, 15) is 23.5 Å². The van der Waals surface area contributed by atoms with Crippen molar-refractivity contribution in [2.45, 2.75) is 70.4 Å². The van der Waals surface area contributed by atoms with Crippen LogP contribution in [-0.4, -0.2) is 44.3 Å². The van der Waals surface area contributed by atoms with Gasteiger partial charge in [0.05, 0.1) is 11.7 Å². The molecule has 0 unspecified atom stereocenters. The zero-order chi connectivity index (χ0) is 25.5. The van der Waals surface area contributed by atoms with E-state index in [1.165, 1.54) is 30.0 Å². The number of nitrogens with one attached hydrogen (secondary N) is 2. The van der Waals surface area contributed by atoms with E-state index in [0.29, 0.717) is 22.9 Å². The molecule has 2 aromatic heterocycles. The van der Waals surface area contributed by atoms with E-state index in [1.807, 2.05) is 0 Å². The average molecular weight is 500 g/mol. The van der Waals surface area contributed by atoms with Gasteiger partial charge in [-0.2, -0.15) is 13.9 Å². The number of aryl methyl sites for hydroxylation is 2. The quantitative estimate of drug-likeness (QED) is 0.304. The Morgan fingerprint density at radius 1 is 1.11 bits per heavy atom. The number of aromatic nitrogens is 3. The van der Waals surface area contributed by atoms with Crippen molar-refractivity contribution in [2.75, 3.05) is 11.9 Å². The van der Waals surface area contributed by atoms with Gasteiger partial charge in [-0.3, -0.25) is 4.79 Å². The number of benzene rings is 1. The van der Waals surface area contributed by atoms with Crippen molar-refractivity contribution in [3.63, 3.8) is 0 Å². The van der Waals surface area contributed by atoms with Gasteiger partial charge in [0.25, 0.3) is 5.91 Å². The van der Waals surface area contributed by atoms with E-state index >= 15 is 0 Å². The molecule has 1 aliphatic heterocycles. The summed E-state index contributed by atoms with van der Waals surface area (Å²) in [6, 6.07) is 7.51. The van der Waals surface area contributed by atoms with Crippen LogP contribution in [0.5, 0.6) is 0 Å². The SMILES string of the molecule is O=C(N[C@@H](CCCCCCCc1ccc2c(n1)NCCC2)C(=O)O)c1ccc2cnn(C(F)F)c2c1. The molecule has 3 aromatic rings. The highest BCUT2D eigenvalue weighted by Crippen LogP contribution is 2.22. The number of nitrogens with zero attached hydrogens (tertiary/aromatic N) is 3. The molecule has 1 atom stereocenters. The van der Waals surface area contributed by atoms with Gasteiger partial charge < -0.3 is 15.7 Å². The second-order valence-electron chi connectivity index (χ2n) is 9.15. The lowest BCUT2D eigenvalue weighted by Gasteiger charge is -2.17. The number of anilines is 1. The average Bonchev–Trinajstić information content (AvgIpc) is 3.31. The van der Waals surface area contributed by atoms with E-state index in [2.05, 4.69) is 27.9 Å². The van der Waals surface area contributed by atoms with Crippen molar-refractivity contribution in [3.05, 3.63) is 53.3 Å². The number of carboxylic acid groups (broad SMARTS) is 1. The van der Waals surface area contributed by atoms with Crippen LogP contribution >= 0.6 is 0 Å². The molecule has 3 N–H and O–H groups in total. The van der Waals surface area contributed by atoms with Gasteiger partial charge in [-0.05, 0) is 55.9 Å². The molecule has 0 radical (unpaired) electrons. The van der Waals surface area contributed by atoms with E-state index in [4.69, 9.17) is 4.98 Å². The fourth-order valence-corrected chi connectivity index (χ4v) is 4.53. The number of alkyl halides is 2. The third kappa shape index (κ3) is 6.35. The number of halogens is 2. The van der Waals surface area contributed by atoms with Crippen LogP contribution in [0.15, 0.2) is 36.5 Å². The predicted octanol–water partition coefficient (Wildman–Crippen LogP) is 4.95. The molecule has 0 bridgehead atoms. The highest BCUT2D eigenvalue weighted by molar-refractivity contribution is 5.99. The number of hydrogen-bond donors (Lipinski definition) is 3. The van der Waals surface area contributed by atoms with Crippen molar-refractivity contribution < 1.29 is 23.5 Å². The first kappa shape index (κ1) is 25.5. The van der Waals surface area contributed by atoms with Crippen LogP contribution in [0.25, 0.3) is 10.9 Å². The Morgan fingerprint density at radius 2 is 1.92 bits per heavy atom. The molecule has 1 aromatic carbocycles. The maximum absolute atomic E-state index is 13.1. The number of carbonyl (C=O) groups is 2. The molecule has 0 fully saturated rings. The zero-order valence-electron chi connectivity index (χ0n) is 20.1. The summed E-state index contributed by atoms with van der Waals surface area (Å²) in [6.45, 7) is -1.86. The van der Waals surface area contributed by atoms with E-state index in [-0.39, 0.29) is 11.1 Å². The highest BCUT2D eigenvalue weighted by atomic mass is 19.3. The molecule has 3 heterocycles. The Bertz CT molecular complexity index is 1210. The predicted molar refractivity (Wildman–Crippen MR) is 132 cm³/mol. The monoisotopic (exact) mass is 499 g/mol. The summed E-state index contributed by atoms with van der Waals surface area (Å²) < 4.78 is 26.7. The Morgan fingerprint density at radius 3 is 2.72 bits per heavy atom. The normalized spacial score (nSPS) is 13.9. The number of carbonyl (C=O) groups excluding carboxylic acids is 1. The Labute approximate surface area is 208 Å². The number of rotatable bonds is 12. The second kappa shape index (κ2) is 11.9. The van der Waals surface area contributed by atoms with Gasteiger partial charge in [0.15, 0.2) is 0 Å². The van der Waals surface area contributed by atoms with Crippen LogP contribution in [0.1, 0.15) is 73.1 Å². The largest absolute Gasteiger partial charge is 0.480 e. The summed E-state index contributed by atoms with van der Waals surface area (Å²) in [5.41, 5.74) is 2.60. The third-order valence-electron chi connectivity index (χ3n) is 6.53. The summed E-state index contributed by atoms with van der Waals surface area (Å²) in [5.74, 6) is -0.715. The maximum Gasteiger partial charge on any atom is 0.333 e. The molecule has 36 heavy (non-hydrogen) atoms. The first-order valence-electron chi connectivity index (χ1n) is 12.4. The number of carboxylic acids is 1. The van der Waals surface area contributed by atoms with Crippen molar-refractivity contribution in [1.82, 2.24) is 20.1 Å². The van der Waals surface area contributed by atoms with Crippen molar-refractivity contribution in [3.8, 4) is 0 Å². The fourth-order valence-electron chi connectivity index (χ4n) is 4.53. The minimum absolute atomic E-state index is 0.113. The van der Waals surface area contributed by atoms with Crippen molar-refractivity contribution in [1.29, 1.82) is 0 Å². The van der Waals surface area contributed by atoms with Gasteiger partial charge in [0.2, 0.25) is 0 Å². The number of amides is 1. The second-order valence-corrected chi connectivity index (χ2v) is 9.15. The van der Waals surface area contributed by atoms with E-state index in [0.717, 1.165) is 63.0 Å². The zero-order valence-corrected chi connectivity index (χ0v) is 20.1. The van der Waals surface area contributed by atoms with Crippen LogP contribution in [0.3, 0.4) is 0 Å². The molecule has 1 aliphatic rings. The smallest absolute Gasteiger partial charge is 0.333 e. The maximum atomic E-state index is 13.1. The number of unbranched alkanes of at least 4 members (excludes halogenated alkanes) is 4. The molecular weight excluding hydrogens is 468 g/mol. The molecular formula is C26H31F2N5O3. The van der Waals surface area contributed by atoms with Gasteiger partial charge in [0.1, 0.15) is 11.9 Å². The molecule has 0 spiro atoms. The third-order valence-corrected chi connectivity index (χ3v) is 6.53. The van der Waals surface area contributed by atoms with Crippen molar-refractivity contribution in [2.24, 2.45) is 0 Å². The van der Waals surface area contributed by atoms with Gasteiger partial charge in [0, 0.05) is 23.2 Å². The fraction of sp³-hybridized carbons (Fsp3) is 0.462. The molecule has 10 heteroatoms. The molecule has 0 aliphatic carbocycles. The molecule has 0 saturated carbocycles. The Balaban J connectivity index is 1.19. The minimum atomic E-state index is -2.83. The summed E-state index contributed by atoms with van der Waals surface area (Å²) in [4.78, 5) is 29.0. The van der Waals surface area contributed by atoms with E-state index < -0.39 is 24.5 Å². The van der Waals surface area contributed by atoms with Gasteiger partial charge in [-0.1, -0.05) is 37.8 Å². The lowest BCUT2D eigenvalue weighted by Crippen LogP contribution is -2.40. The van der Waals surface area contributed by atoms with Gasteiger partial charge in [-0.15, -0.1) is 0 Å². The lowest BCUT2D eigenvalue weighted by molar-refractivity contribution is -0.139. The van der Waals surface area contributed by atoms with Gasteiger partial charge >= 0.3 is 12.5 Å². The molecule has 0 saturated heterocycles. The standard InChI is InChI=1S/C26H31F2N5O3/c27-26(28)33-22-15-18(10-11-19(22)16-30-33)24(34)32-21(25(35)36)9-5-3-1-2-4-8-20-13-12-17-7-6-14-29-23(17)31-20/h10-13,15-16,21,26H,1-9,14H2,(H,29,31)(H,32,34)(H,35,36)/t21-/m0/s1. The van der Waals surface area contributed by atoms with Crippen LogP contribution < -0.4 is 10.6 Å². The lowest BCUT2D eigenvalue weighted by atomic mass is 10.0. The summed E-state index contributed by atoms with van der Waals surface area (Å²) >= 11 is 0. The minimum Gasteiger partial charge on any atom is -0.480 e. The topological polar surface area (TPSA) is 109 Å². The molecule has 4 rings (SSSR count). The Hall–Kier alpha value is -3.56. The Kier molecular flexibility index (Phi) is 8.45. The first-order valence-corrected chi connectivity index (χ1v) is 12.4. The van der Waals surface area contributed by atoms with Gasteiger partial charge in [-0.25, -0.2) is 14.5 Å². The van der Waals surface area contributed by atoms with Crippen LogP contribution in [0, 0.1) is 0 Å². The number of aliphatic carboxylic acids is 1. The molecule has 8 nitrogen and oxygen atoms in total. The van der Waals surface area contributed by atoms with Crippen LogP contribution in [0.4, 0.5) is 14.6 Å². The first-order chi connectivity index (χ1) is 17.4. The van der Waals surface area contributed by atoms with Crippen LogP contribution in [0.2, 0.25) is 0 Å². The van der Waals surface area contributed by atoms with Crippen molar-refractivity contribution >= 4 is 28.6 Å². The highest BCUT2D eigenvalue weighted by Gasteiger charge is 2.21. The molecule has 1 amide bonds. The van der Waals surface area contributed by atoms with Crippen LogP contribution in [-0.2, 0) is 17.6 Å². The molecule has 192 valence electrons. The number of pyridine rings is 1. The summed E-state index contributed by atoms with van der Waals surface area (Å²) in [6.07, 6.45) is 9.26. The number of fused-ring (bicyclic) bond motifs is 2. The summed E-state index contributed by atoms with van der Waals surface area (Å²) in [5, 5.41) is 19.5. The number of hydrogen-bond acceptors (Lipinski definition) is 5. The van der Waals surface area contributed by atoms with E-state index in [1.54, 1.807) is 0 Å².